The van der Waals surface area contributed by atoms with E-state index in [1.807, 2.05) is 0 Å². The van der Waals surface area contributed by atoms with Gasteiger partial charge in [0, 0.05) is 11.9 Å². The molecule has 0 saturated carbocycles. The maximum Gasteiger partial charge on any atom is 0.349 e. The molecule has 0 saturated heterocycles. The van der Waals surface area contributed by atoms with Gasteiger partial charge in [0.15, 0.2) is 4.80 Å². The van der Waals surface area contributed by atoms with Crippen molar-refractivity contribution in [2.75, 3.05) is 7.11 Å². The van der Waals surface area contributed by atoms with Crippen molar-refractivity contribution >= 4 is 44.4 Å². The molecular weight excluding hydrogens is 404 g/mol. The third-order valence-electron chi connectivity index (χ3n) is 4.48. The Bertz CT molecular complexity index is 1440. The van der Waals surface area contributed by atoms with Crippen LogP contribution in [0, 0.1) is 0 Å². The Morgan fingerprint density at radius 1 is 1.23 bits per heavy atom. The molecule has 1 amide bonds. The highest BCUT2D eigenvalue weighted by Crippen LogP contribution is 2.20. The van der Waals surface area contributed by atoms with Gasteiger partial charge in [0.25, 0.3) is 5.91 Å². The summed E-state index contributed by atoms with van der Waals surface area (Å²) in [5.74, 6) is -1.16. The summed E-state index contributed by atoms with van der Waals surface area (Å²) in [6.07, 6.45) is 1.67. The molecule has 0 unspecified atom stereocenters. The number of fused-ring (bicyclic) bond motifs is 2. The fourth-order valence-corrected chi connectivity index (χ4v) is 4.14. The van der Waals surface area contributed by atoms with Crippen LogP contribution >= 0.6 is 11.3 Å². The number of hydrogen-bond acceptors (Lipinski definition) is 6. The number of methoxy groups -OCH3 is 1. The van der Waals surface area contributed by atoms with E-state index in [1.165, 1.54) is 24.5 Å². The third-order valence-corrected chi connectivity index (χ3v) is 5.53. The molecule has 0 radical (unpaired) electrons. The van der Waals surface area contributed by atoms with Gasteiger partial charge in [-0.25, -0.2) is 9.59 Å². The summed E-state index contributed by atoms with van der Waals surface area (Å²) < 4.78 is 12.5. The maximum atomic E-state index is 12.8. The summed E-state index contributed by atoms with van der Waals surface area (Å²) in [6, 6.07) is 13.5. The first-order chi connectivity index (χ1) is 14.5. The van der Waals surface area contributed by atoms with Gasteiger partial charge in [-0.2, -0.15) is 4.99 Å². The lowest BCUT2D eigenvalue weighted by atomic mass is 10.2. The monoisotopic (exact) mass is 420 g/mol. The van der Waals surface area contributed by atoms with Crippen LogP contribution in [0.15, 0.2) is 75.4 Å². The van der Waals surface area contributed by atoms with Gasteiger partial charge < -0.3 is 13.7 Å². The van der Waals surface area contributed by atoms with Crippen molar-refractivity contribution in [3.63, 3.8) is 0 Å². The molecule has 0 N–H and O–H groups in total. The molecule has 0 aliphatic heterocycles. The van der Waals surface area contributed by atoms with Crippen LogP contribution in [0.1, 0.15) is 20.7 Å². The number of esters is 1. The van der Waals surface area contributed by atoms with E-state index in [4.69, 9.17) is 9.15 Å². The summed E-state index contributed by atoms with van der Waals surface area (Å²) in [5, 5.41) is 0.633. The average Bonchev–Trinajstić information content (AvgIpc) is 3.09. The van der Waals surface area contributed by atoms with Crippen molar-refractivity contribution in [3.05, 3.63) is 87.5 Å². The summed E-state index contributed by atoms with van der Waals surface area (Å²) in [6.45, 7) is 4.15. The van der Waals surface area contributed by atoms with Gasteiger partial charge in [-0.3, -0.25) is 4.79 Å². The average molecular weight is 420 g/mol. The van der Waals surface area contributed by atoms with Crippen molar-refractivity contribution in [2.45, 2.75) is 6.54 Å². The zero-order valence-electron chi connectivity index (χ0n) is 16.0. The Kier molecular flexibility index (Phi) is 5.16. The van der Waals surface area contributed by atoms with Crippen LogP contribution in [0.25, 0.3) is 21.2 Å². The molecule has 2 heterocycles. The zero-order valence-corrected chi connectivity index (χ0v) is 16.8. The fraction of sp³-hybridized carbons (Fsp3) is 0.0909. The van der Waals surface area contributed by atoms with Crippen LogP contribution in [-0.2, 0) is 11.3 Å². The van der Waals surface area contributed by atoms with E-state index in [-0.39, 0.29) is 5.56 Å². The van der Waals surface area contributed by atoms with E-state index in [0.717, 1.165) is 10.2 Å². The van der Waals surface area contributed by atoms with E-state index in [9.17, 15) is 14.4 Å². The third kappa shape index (κ3) is 3.48. The molecule has 4 aromatic rings. The number of aromatic nitrogens is 1. The second-order valence-corrected chi connectivity index (χ2v) is 7.37. The standard InChI is InChI=1S/C22H16N2O5S/c1-3-10-24-16-9-8-14(20(26)28-2)12-18(16)30-22(24)23-19(25)15-11-13-6-4-5-7-17(13)29-21(15)27/h3-9,11-12H,1,10H2,2H3. The van der Waals surface area contributed by atoms with Crippen LogP contribution in [0.5, 0.6) is 0 Å². The van der Waals surface area contributed by atoms with E-state index in [0.29, 0.717) is 27.9 Å². The number of thiazole rings is 1. The summed E-state index contributed by atoms with van der Waals surface area (Å²) in [4.78, 5) is 41.4. The molecule has 7 nitrogen and oxygen atoms in total. The minimum Gasteiger partial charge on any atom is -0.465 e. The van der Waals surface area contributed by atoms with Gasteiger partial charge >= 0.3 is 11.6 Å². The molecule has 8 heteroatoms. The predicted octanol–water partition coefficient (Wildman–Crippen LogP) is 3.52. The minimum atomic E-state index is -0.744. The van der Waals surface area contributed by atoms with Gasteiger partial charge in [-0.05, 0) is 30.3 Å². The van der Waals surface area contributed by atoms with E-state index in [2.05, 4.69) is 11.6 Å². The highest BCUT2D eigenvalue weighted by molar-refractivity contribution is 7.16. The lowest BCUT2D eigenvalue weighted by Crippen LogP contribution is -2.19. The highest BCUT2D eigenvalue weighted by Gasteiger charge is 2.15. The van der Waals surface area contributed by atoms with Crippen LogP contribution in [0.4, 0.5) is 0 Å². The molecular formula is C22H16N2O5S. The Morgan fingerprint density at radius 3 is 2.80 bits per heavy atom. The van der Waals surface area contributed by atoms with Gasteiger partial charge in [0.2, 0.25) is 0 Å². The SMILES string of the molecule is C=CCn1c(=NC(=O)c2cc3ccccc3oc2=O)sc2cc(C(=O)OC)ccc21. The summed E-state index contributed by atoms with van der Waals surface area (Å²) >= 11 is 1.23. The van der Waals surface area contributed by atoms with E-state index >= 15 is 0 Å². The Morgan fingerprint density at radius 2 is 2.03 bits per heavy atom. The van der Waals surface area contributed by atoms with Crippen LogP contribution < -0.4 is 10.4 Å². The maximum absolute atomic E-state index is 12.8. The Labute approximate surface area is 174 Å². The lowest BCUT2D eigenvalue weighted by Gasteiger charge is -2.02. The first-order valence-electron chi connectivity index (χ1n) is 8.96. The first kappa shape index (κ1) is 19.5. The van der Waals surface area contributed by atoms with Gasteiger partial charge in [-0.1, -0.05) is 35.6 Å². The van der Waals surface area contributed by atoms with E-state index < -0.39 is 17.5 Å². The number of hydrogen-bond donors (Lipinski definition) is 0. The second kappa shape index (κ2) is 7.92. The molecule has 0 spiro atoms. The normalized spacial score (nSPS) is 11.7. The van der Waals surface area contributed by atoms with Crippen LogP contribution in [-0.4, -0.2) is 23.6 Å². The topological polar surface area (TPSA) is 90.9 Å². The molecule has 2 aromatic heterocycles. The van der Waals surface area contributed by atoms with Crippen molar-refractivity contribution < 1.29 is 18.7 Å². The number of benzene rings is 2. The van der Waals surface area contributed by atoms with Gasteiger partial charge in [0.1, 0.15) is 11.1 Å². The molecule has 4 rings (SSSR count). The first-order valence-corrected chi connectivity index (χ1v) is 9.78. The predicted molar refractivity (Wildman–Crippen MR) is 114 cm³/mol. The van der Waals surface area contributed by atoms with Gasteiger partial charge in [-0.15, -0.1) is 6.58 Å². The van der Waals surface area contributed by atoms with Crippen molar-refractivity contribution in [1.29, 1.82) is 0 Å². The fourth-order valence-electron chi connectivity index (χ4n) is 3.07. The van der Waals surface area contributed by atoms with Crippen molar-refractivity contribution in [3.8, 4) is 0 Å². The quantitative estimate of drug-likeness (QED) is 0.286. The molecule has 150 valence electrons. The largest absolute Gasteiger partial charge is 0.465 e. The van der Waals surface area contributed by atoms with Crippen molar-refractivity contribution in [2.24, 2.45) is 4.99 Å². The number of nitrogens with zero attached hydrogens (tertiary/aromatic N) is 2. The summed E-state index contributed by atoms with van der Waals surface area (Å²) in [7, 11) is 1.31. The molecule has 0 fully saturated rings. The van der Waals surface area contributed by atoms with E-state index in [1.54, 1.807) is 53.1 Å². The lowest BCUT2D eigenvalue weighted by molar-refractivity contribution is 0.0600. The number of carbonyl (C=O) groups is 2. The second-order valence-electron chi connectivity index (χ2n) is 6.36. The number of allylic oxidation sites excluding steroid dienone is 1. The number of para-hydroxylation sites is 1. The van der Waals surface area contributed by atoms with Crippen LogP contribution in [0.3, 0.4) is 0 Å². The number of rotatable bonds is 4. The minimum absolute atomic E-state index is 0.147. The molecule has 0 atom stereocenters. The Hall–Kier alpha value is -3.78. The molecule has 30 heavy (non-hydrogen) atoms. The molecule has 0 bridgehead atoms. The van der Waals surface area contributed by atoms with Crippen molar-refractivity contribution in [1.82, 2.24) is 4.57 Å². The molecule has 2 aromatic carbocycles. The number of ether oxygens (including phenoxy) is 1. The number of amides is 1. The van der Waals surface area contributed by atoms with Crippen LogP contribution in [0.2, 0.25) is 0 Å². The Balaban J connectivity index is 1.87. The van der Waals surface area contributed by atoms with Gasteiger partial charge in [0.05, 0.1) is 22.9 Å². The molecule has 0 aliphatic rings. The number of carbonyl (C=O) groups excluding carboxylic acids is 2. The summed E-state index contributed by atoms with van der Waals surface area (Å²) in [5.41, 5.74) is 0.686. The zero-order chi connectivity index (χ0) is 21.3. The molecule has 0 aliphatic carbocycles. The smallest absolute Gasteiger partial charge is 0.349 e. The highest BCUT2D eigenvalue weighted by atomic mass is 32.1.